The zero-order valence-electron chi connectivity index (χ0n) is 14.1. The Hall–Kier alpha value is -2.75. The van der Waals surface area contributed by atoms with Crippen LogP contribution in [0.3, 0.4) is 0 Å². The number of pyridine rings is 2. The van der Waals surface area contributed by atoms with Crippen molar-refractivity contribution in [3.63, 3.8) is 0 Å². The number of anilines is 2. The molecule has 3 aromatic heterocycles. The maximum Gasteiger partial charge on any atom is 0.420 e. The number of ether oxygens (including phenoxy) is 1. The van der Waals surface area contributed by atoms with Crippen molar-refractivity contribution in [2.75, 3.05) is 5.32 Å². The molecule has 6 nitrogen and oxygen atoms in total. The average molecular weight is 393 g/mol. The Morgan fingerprint density at radius 1 is 1.26 bits per heavy atom. The minimum absolute atomic E-state index is 0.0347. The van der Waals surface area contributed by atoms with Crippen molar-refractivity contribution in [1.29, 1.82) is 0 Å². The molecule has 0 saturated heterocycles. The van der Waals surface area contributed by atoms with E-state index in [-0.39, 0.29) is 23.4 Å². The highest BCUT2D eigenvalue weighted by molar-refractivity contribution is 7.09. The van der Waals surface area contributed by atoms with Gasteiger partial charge in [-0.2, -0.15) is 22.5 Å². The van der Waals surface area contributed by atoms with Crippen molar-refractivity contribution in [2.45, 2.75) is 32.0 Å². The summed E-state index contributed by atoms with van der Waals surface area (Å²) in [6.45, 7) is 1.88. The molecule has 3 aromatic rings. The molecule has 0 unspecified atom stereocenters. The van der Waals surface area contributed by atoms with Crippen LogP contribution in [0.1, 0.15) is 24.0 Å². The normalized spacial score (nSPS) is 14.2. The molecule has 0 aromatic carbocycles. The van der Waals surface area contributed by atoms with Gasteiger partial charge in [0.05, 0.1) is 12.3 Å². The van der Waals surface area contributed by atoms with Crippen LogP contribution < -0.4 is 10.1 Å². The third-order valence-corrected chi connectivity index (χ3v) is 4.51. The van der Waals surface area contributed by atoms with Crippen molar-refractivity contribution in [3.8, 4) is 17.3 Å². The molecule has 3 heterocycles. The van der Waals surface area contributed by atoms with E-state index in [9.17, 15) is 13.2 Å². The maximum absolute atomic E-state index is 13.4. The van der Waals surface area contributed by atoms with Crippen LogP contribution in [0.25, 0.3) is 11.5 Å². The molecule has 140 valence electrons. The first-order valence-electron chi connectivity index (χ1n) is 8.17. The van der Waals surface area contributed by atoms with E-state index >= 15 is 0 Å². The zero-order valence-corrected chi connectivity index (χ0v) is 14.9. The van der Waals surface area contributed by atoms with Gasteiger partial charge in [-0.3, -0.25) is 0 Å². The van der Waals surface area contributed by atoms with E-state index in [0.29, 0.717) is 10.9 Å². The van der Waals surface area contributed by atoms with Crippen LogP contribution in [0.5, 0.6) is 5.75 Å². The van der Waals surface area contributed by atoms with Crippen molar-refractivity contribution in [1.82, 2.24) is 19.3 Å². The summed E-state index contributed by atoms with van der Waals surface area (Å²) in [4.78, 5) is 12.5. The molecule has 4 rings (SSSR count). The number of aromatic nitrogens is 4. The van der Waals surface area contributed by atoms with Gasteiger partial charge in [-0.25, -0.2) is 9.97 Å². The lowest BCUT2D eigenvalue weighted by Crippen LogP contribution is -2.10. The minimum Gasteiger partial charge on any atom is -0.488 e. The van der Waals surface area contributed by atoms with Gasteiger partial charge in [0, 0.05) is 17.7 Å². The largest absolute Gasteiger partial charge is 0.488 e. The Bertz CT molecular complexity index is 971. The van der Waals surface area contributed by atoms with Gasteiger partial charge < -0.3 is 10.1 Å². The number of alkyl halides is 3. The van der Waals surface area contributed by atoms with Gasteiger partial charge in [-0.05, 0) is 37.5 Å². The second-order valence-electron chi connectivity index (χ2n) is 6.10. The summed E-state index contributed by atoms with van der Waals surface area (Å²) >= 11 is 1.02. The summed E-state index contributed by atoms with van der Waals surface area (Å²) in [6.07, 6.45) is -0.470. The first kappa shape index (κ1) is 17.7. The highest BCUT2D eigenvalue weighted by atomic mass is 32.1. The van der Waals surface area contributed by atoms with Gasteiger partial charge in [0.1, 0.15) is 22.8 Å². The second-order valence-corrected chi connectivity index (χ2v) is 6.85. The Morgan fingerprint density at radius 3 is 2.78 bits per heavy atom. The van der Waals surface area contributed by atoms with Crippen LogP contribution >= 0.6 is 11.5 Å². The van der Waals surface area contributed by atoms with Gasteiger partial charge in [0.2, 0.25) is 5.13 Å². The van der Waals surface area contributed by atoms with Crippen LogP contribution in [-0.2, 0) is 6.18 Å². The summed E-state index contributed by atoms with van der Waals surface area (Å²) in [5.41, 5.74) is 0.0742. The van der Waals surface area contributed by atoms with Gasteiger partial charge >= 0.3 is 6.18 Å². The Kier molecular flexibility index (Phi) is 4.42. The van der Waals surface area contributed by atoms with E-state index < -0.39 is 11.7 Å². The van der Waals surface area contributed by atoms with Gasteiger partial charge in [0.15, 0.2) is 5.82 Å². The van der Waals surface area contributed by atoms with Crippen LogP contribution in [0.4, 0.5) is 24.1 Å². The molecule has 1 aliphatic rings. The van der Waals surface area contributed by atoms with Crippen LogP contribution in [-0.4, -0.2) is 25.4 Å². The Morgan fingerprint density at radius 2 is 2.07 bits per heavy atom. The van der Waals surface area contributed by atoms with Gasteiger partial charge in [0.25, 0.3) is 0 Å². The number of rotatable bonds is 5. The molecular formula is C17H14F3N5OS. The second kappa shape index (κ2) is 6.76. The molecule has 0 aliphatic heterocycles. The quantitative estimate of drug-likeness (QED) is 0.683. The van der Waals surface area contributed by atoms with Crippen molar-refractivity contribution in [3.05, 3.63) is 41.7 Å². The number of nitrogens with one attached hydrogen (secondary N) is 1. The summed E-state index contributed by atoms with van der Waals surface area (Å²) in [7, 11) is 0. The van der Waals surface area contributed by atoms with E-state index in [1.807, 2.05) is 13.0 Å². The molecule has 0 spiro atoms. The summed E-state index contributed by atoms with van der Waals surface area (Å²) in [5.74, 6) is 0.461. The lowest BCUT2D eigenvalue weighted by atomic mass is 10.2. The third kappa shape index (κ3) is 4.00. The fourth-order valence-electron chi connectivity index (χ4n) is 2.34. The number of nitrogens with zero attached hydrogens (tertiary/aromatic N) is 4. The number of hydrogen-bond acceptors (Lipinski definition) is 7. The standard InChI is InChI=1S/C17H14F3N5OS/c1-9-3-2-6-21-14(9)23-16-24-15(25-27-16)12-7-11(17(18,19)20)13(8-22-12)26-10-4-5-10/h2-3,6-8,10H,4-5H2,1H3,(H,21,23,24,25). The van der Waals surface area contributed by atoms with Crippen molar-refractivity contribution < 1.29 is 17.9 Å². The SMILES string of the molecule is Cc1cccnc1Nc1nc(-c2cc(C(F)(F)F)c(OC3CC3)cn2)ns1. The molecule has 0 bridgehead atoms. The summed E-state index contributed by atoms with van der Waals surface area (Å²) < 4.78 is 49.6. The maximum atomic E-state index is 13.4. The summed E-state index contributed by atoms with van der Waals surface area (Å²) in [5, 5.41) is 3.43. The molecule has 1 N–H and O–H groups in total. The highest BCUT2D eigenvalue weighted by Gasteiger charge is 2.37. The molecule has 10 heteroatoms. The number of aryl methyl sites for hydroxylation is 1. The number of halogens is 3. The zero-order chi connectivity index (χ0) is 19.0. The minimum atomic E-state index is -4.55. The predicted molar refractivity (Wildman–Crippen MR) is 94.0 cm³/mol. The highest BCUT2D eigenvalue weighted by Crippen LogP contribution is 2.40. The average Bonchev–Trinajstić information content (AvgIpc) is 3.32. The van der Waals surface area contributed by atoms with Crippen molar-refractivity contribution >= 4 is 22.5 Å². The van der Waals surface area contributed by atoms with Crippen molar-refractivity contribution in [2.24, 2.45) is 0 Å². The third-order valence-electron chi connectivity index (χ3n) is 3.88. The molecular weight excluding hydrogens is 379 g/mol. The van der Waals surface area contributed by atoms with Crippen LogP contribution in [0.2, 0.25) is 0 Å². The molecule has 0 radical (unpaired) electrons. The van der Waals surface area contributed by atoms with E-state index in [1.54, 1.807) is 12.3 Å². The molecule has 0 atom stereocenters. The van der Waals surface area contributed by atoms with E-state index in [4.69, 9.17) is 4.74 Å². The van der Waals surface area contributed by atoms with Gasteiger partial charge in [-0.15, -0.1) is 0 Å². The van der Waals surface area contributed by atoms with E-state index in [2.05, 4.69) is 24.6 Å². The Balaban J connectivity index is 1.61. The first-order chi connectivity index (χ1) is 12.9. The molecule has 1 aliphatic carbocycles. The monoisotopic (exact) mass is 393 g/mol. The topological polar surface area (TPSA) is 72.8 Å². The molecule has 27 heavy (non-hydrogen) atoms. The van der Waals surface area contributed by atoms with Crippen LogP contribution in [0, 0.1) is 6.92 Å². The smallest absolute Gasteiger partial charge is 0.420 e. The predicted octanol–water partition coefficient (Wildman–Crippen LogP) is 4.61. The Labute approximate surface area is 156 Å². The first-order valence-corrected chi connectivity index (χ1v) is 8.94. The lowest BCUT2D eigenvalue weighted by Gasteiger charge is -2.13. The molecule has 0 amide bonds. The number of hydrogen-bond donors (Lipinski definition) is 1. The van der Waals surface area contributed by atoms with E-state index in [0.717, 1.165) is 42.2 Å². The lowest BCUT2D eigenvalue weighted by molar-refractivity contribution is -0.139. The van der Waals surface area contributed by atoms with Crippen LogP contribution in [0.15, 0.2) is 30.6 Å². The fraction of sp³-hybridized carbons (Fsp3) is 0.294. The van der Waals surface area contributed by atoms with E-state index in [1.165, 1.54) is 0 Å². The fourth-order valence-corrected chi connectivity index (χ4v) is 2.92. The van der Waals surface area contributed by atoms with Gasteiger partial charge in [-0.1, -0.05) is 6.07 Å². The molecule has 1 fully saturated rings. The summed E-state index contributed by atoms with van der Waals surface area (Å²) in [6, 6.07) is 4.61. The molecule has 1 saturated carbocycles.